The maximum atomic E-state index is 13.8. The van der Waals surface area contributed by atoms with Crippen molar-refractivity contribution in [2.24, 2.45) is 0 Å². The summed E-state index contributed by atoms with van der Waals surface area (Å²) < 4.78 is 35.6. The third-order valence-electron chi connectivity index (χ3n) is 6.31. The van der Waals surface area contributed by atoms with Crippen LogP contribution < -0.4 is 14.2 Å². The predicted octanol–water partition coefficient (Wildman–Crippen LogP) is 6.11. The van der Waals surface area contributed by atoms with Gasteiger partial charge in [-0.3, -0.25) is 0 Å². The molecule has 3 aromatic carbocycles. The highest BCUT2D eigenvalue weighted by Gasteiger charge is 2.27. The van der Waals surface area contributed by atoms with Crippen LogP contribution in [-0.4, -0.2) is 38.4 Å². The van der Waals surface area contributed by atoms with Crippen LogP contribution in [-0.2, 0) is 11.2 Å². The summed E-state index contributed by atoms with van der Waals surface area (Å²) >= 11 is 0. The molecule has 0 aliphatic heterocycles. The maximum absolute atomic E-state index is 13.8. The number of fused-ring (bicyclic) bond motifs is 2. The van der Waals surface area contributed by atoms with E-state index in [0.29, 0.717) is 23.5 Å². The number of rotatable bonds is 8. The first-order valence-corrected chi connectivity index (χ1v) is 12.0. The molecule has 1 aliphatic rings. The van der Waals surface area contributed by atoms with Crippen molar-refractivity contribution >= 4 is 28.5 Å². The van der Waals surface area contributed by atoms with Crippen LogP contribution in [0.15, 0.2) is 66.7 Å². The number of carbonyl (C=O) groups excluding carboxylic acids is 1. The van der Waals surface area contributed by atoms with Crippen LogP contribution >= 0.6 is 0 Å². The Morgan fingerprint density at radius 1 is 0.919 bits per heavy atom. The minimum absolute atomic E-state index is 0.00701. The van der Waals surface area contributed by atoms with Gasteiger partial charge in [-0.25, -0.2) is 14.2 Å². The van der Waals surface area contributed by atoms with Gasteiger partial charge >= 0.3 is 5.97 Å². The lowest BCUT2D eigenvalue weighted by Gasteiger charge is -2.13. The summed E-state index contributed by atoms with van der Waals surface area (Å²) in [6.45, 7) is 0.0370. The topological polar surface area (TPSA) is 66.9 Å². The predicted molar refractivity (Wildman–Crippen MR) is 140 cm³/mol. The average Bonchev–Trinajstić information content (AvgIpc) is 3.32. The summed E-state index contributed by atoms with van der Waals surface area (Å²) in [7, 11) is 3.21. The summed E-state index contributed by atoms with van der Waals surface area (Å²) in [6.07, 6.45) is 3.47. The normalized spacial score (nSPS) is 13.4. The van der Waals surface area contributed by atoms with Gasteiger partial charge in [0.15, 0.2) is 23.1 Å². The van der Waals surface area contributed by atoms with E-state index >= 15 is 0 Å². The van der Waals surface area contributed by atoms with Gasteiger partial charge in [0.05, 0.1) is 31.0 Å². The molecule has 7 heteroatoms. The smallest absolute Gasteiger partial charge is 0.339 e. The third-order valence-corrected chi connectivity index (χ3v) is 6.31. The van der Waals surface area contributed by atoms with Gasteiger partial charge in [0.25, 0.3) is 0 Å². The Labute approximate surface area is 214 Å². The molecule has 5 rings (SSSR count). The first-order valence-electron chi connectivity index (χ1n) is 12.0. The first kappa shape index (κ1) is 24.3. The number of hydrogen-bond acceptors (Lipinski definition) is 6. The van der Waals surface area contributed by atoms with Gasteiger partial charge in [0.2, 0.25) is 0 Å². The Hall–Kier alpha value is -4.39. The van der Waals surface area contributed by atoms with E-state index < -0.39 is 11.8 Å². The molecule has 37 heavy (non-hydrogen) atoms. The second-order valence-corrected chi connectivity index (χ2v) is 8.53. The molecule has 1 aliphatic carbocycles. The molecule has 0 radical (unpaired) electrons. The van der Waals surface area contributed by atoms with Gasteiger partial charge in [0, 0.05) is 5.39 Å². The van der Waals surface area contributed by atoms with Crippen LogP contribution in [0, 0.1) is 5.82 Å². The summed E-state index contributed by atoms with van der Waals surface area (Å²) in [6, 6.07) is 19.4. The molecule has 188 valence electrons. The molecular formula is C30H26FNO5. The molecule has 6 nitrogen and oxygen atoms in total. The number of ether oxygens (including phenoxy) is 4. The van der Waals surface area contributed by atoms with E-state index in [1.54, 1.807) is 26.4 Å². The number of hydrogen-bond donors (Lipinski definition) is 0. The SMILES string of the molecule is COc1ccc(C=C2CCc3c2nc2ccccc2c3C(=O)OCCOc2ccccc2F)cc1OC. The fourth-order valence-electron chi connectivity index (χ4n) is 4.58. The number of esters is 1. The molecule has 4 aromatic rings. The quantitative estimate of drug-likeness (QED) is 0.215. The van der Waals surface area contributed by atoms with Crippen LogP contribution in [0.4, 0.5) is 4.39 Å². The van der Waals surface area contributed by atoms with Crippen molar-refractivity contribution in [3.05, 3.63) is 94.9 Å². The van der Waals surface area contributed by atoms with Crippen molar-refractivity contribution in [1.29, 1.82) is 0 Å². The van der Waals surface area contributed by atoms with Gasteiger partial charge in [0.1, 0.15) is 13.2 Å². The zero-order chi connectivity index (χ0) is 25.8. The summed E-state index contributed by atoms with van der Waals surface area (Å²) in [5.41, 5.74) is 4.88. The molecule has 0 saturated heterocycles. The maximum Gasteiger partial charge on any atom is 0.339 e. The molecule has 0 amide bonds. The average molecular weight is 500 g/mol. The van der Waals surface area contributed by atoms with Gasteiger partial charge in [-0.15, -0.1) is 0 Å². The van der Waals surface area contributed by atoms with Gasteiger partial charge < -0.3 is 18.9 Å². The third kappa shape index (κ3) is 4.98. The molecule has 0 bridgehead atoms. The van der Waals surface area contributed by atoms with Crippen LogP contribution in [0.25, 0.3) is 22.6 Å². The summed E-state index contributed by atoms with van der Waals surface area (Å²) in [5.74, 6) is 0.520. The van der Waals surface area contributed by atoms with Crippen molar-refractivity contribution in [3.63, 3.8) is 0 Å². The van der Waals surface area contributed by atoms with Crippen molar-refractivity contribution in [2.45, 2.75) is 12.8 Å². The Balaban J connectivity index is 1.42. The minimum atomic E-state index is -0.458. The second-order valence-electron chi connectivity index (χ2n) is 8.53. The Bertz CT molecular complexity index is 1500. The molecule has 0 unspecified atom stereocenters. The number of aromatic nitrogens is 1. The Kier molecular flexibility index (Phi) is 7.03. The highest BCUT2D eigenvalue weighted by atomic mass is 19.1. The van der Waals surface area contributed by atoms with Crippen LogP contribution in [0.1, 0.15) is 33.6 Å². The van der Waals surface area contributed by atoms with E-state index in [-0.39, 0.29) is 19.0 Å². The zero-order valence-corrected chi connectivity index (χ0v) is 20.6. The van der Waals surface area contributed by atoms with Crippen molar-refractivity contribution in [1.82, 2.24) is 4.98 Å². The van der Waals surface area contributed by atoms with Crippen molar-refractivity contribution in [3.8, 4) is 17.2 Å². The van der Waals surface area contributed by atoms with Gasteiger partial charge in [-0.05, 0) is 65.9 Å². The number of carbonyl (C=O) groups is 1. The van der Waals surface area contributed by atoms with E-state index in [0.717, 1.165) is 39.7 Å². The number of para-hydroxylation sites is 2. The van der Waals surface area contributed by atoms with Crippen molar-refractivity contribution in [2.75, 3.05) is 27.4 Å². The lowest BCUT2D eigenvalue weighted by atomic mass is 10.0. The molecule has 0 spiro atoms. The molecule has 0 atom stereocenters. The number of halogens is 1. The van der Waals surface area contributed by atoms with E-state index in [1.165, 1.54) is 12.1 Å². The van der Waals surface area contributed by atoms with E-state index in [2.05, 4.69) is 6.08 Å². The fraction of sp³-hybridized carbons (Fsp3) is 0.200. The number of pyridine rings is 1. The molecule has 0 fully saturated rings. The number of nitrogens with zero attached hydrogens (tertiary/aromatic N) is 1. The largest absolute Gasteiger partial charge is 0.493 e. The van der Waals surface area contributed by atoms with E-state index in [9.17, 15) is 9.18 Å². The molecule has 0 N–H and O–H groups in total. The lowest BCUT2D eigenvalue weighted by molar-refractivity contribution is 0.0449. The number of allylic oxidation sites excluding steroid dienone is 1. The molecule has 0 saturated carbocycles. The summed E-state index contributed by atoms with van der Waals surface area (Å²) in [4.78, 5) is 18.2. The van der Waals surface area contributed by atoms with Gasteiger partial charge in [-0.1, -0.05) is 36.4 Å². The number of methoxy groups -OCH3 is 2. The van der Waals surface area contributed by atoms with Crippen LogP contribution in [0.3, 0.4) is 0 Å². The Morgan fingerprint density at radius 3 is 2.51 bits per heavy atom. The van der Waals surface area contributed by atoms with E-state index in [4.69, 9.17) is 23.9 Å². The highest BCUT2D eigenvalue weighted by Crippen LogP contribution is 2.38. The van der Waals surface area contributed by atoms with Crippen LogP contribution in [0.2, 0.25) is 0 Å². The van der Waals surface area contributed by atoms with E-state index in [1.807, 2.05) is 42.5 Å². The molecule has 1 heterocycles. The molecule has 1 aromatic heterocycles. The second kappa shape index (κ2) is 10.7. The lowest BCUT2D eigenvalue weighted by Crippen LogP contribution is -2.15. The number of benzene rings is 3. The standard InChI is InChI=1S/C30H26FNO5/c1-34-26-14-11-19(18-27(26)35-2)17-20-12-13-22-28(21-7-3-5-9-24(21)32-29(20)22)30(33)37-16-15-36-25-10-6-4-8-23(25)31/h3-11,14,17-18H,12-13,15-16H2,1-2H3. The first-order chi connectivity index (χ1) is 18.1. The Morgan fingerprint density at radius 2 is 1.70 bits per heavy atom. The fourth-order valence-corrected chi connectivity index (χ4v) is 4.58. The van der Waals surface area contributed by atoms with Gasteiger partial charge in [-0.2, -0.15) is 0 Å². The molecular weight excluding hydrogens is 473 g/mol. The summed E-state index contributed by atoms with van der Waals surface area (Å²) in [5, 5.41) is 0.744. The highest BCUT2D eigenvalue weighted by molar-refractivity contribution is 6.07. The van der Waals surface area contributed by atoms with Crippen LogP contribution in [0.5, 0.6) is 17.2 Å². The minimum Gasteiger partial charge on any atom is -0.493 e. The zero-order valence-electron chi connectivity index (χ0n) is 20.6. The van der Waals surface area contributed by atoms with Crippen molar-refractivity contribution < 1.29 is 28.1 Å². The monoisotopic (exact) mass is 499 g/mol.